The lowest BCUT2D eigenvalue weighted by atomic mass is 10.1. The van der Waals surface area contributed by atoms with Gasteiger partial charge in [-0.3, -0.25) is 4.79 Å². The summed E-state index contributed by atoms with van der Waals surface area (Å²) in [5.41, 5.74) is 3.41. The van der Waals surface area contributed by atoms with Gasteiger partial charge in [-0.1, -0.05) is 24.3 Å². The molecule has 4 heteroatoms. The van der Waals surface area contributed by atoms with E-state index in [1.54, 1.807) is 0 Å². The van der Waals surface area contributed by atoms with E-state index in [0.29, 0.717) is 26.1 Å². The van der Waals surface area contributed by atoms with Gasteiger partial charge in [0.05, 0.1) is 13.2 Å². The van der Waals surface area contributed by atoms with Crippen LogP contribution in [0, 0.1) is 0 Å². The van der Waals surface area contributed by atoms with Crippen molar-refractivity contribution < 1.29 is 14.3 Å². The number of hydrogen-bond donors (Lipinski definition) is 0. The average Bonchev–Trinajstić information content (AvgIpc) is 2.97. The topological polar surface area (TPSA) is 38.8 Å². The number of para-hydroxylation sites is 1. The normalized spacial score (nSPS) is 15.7. The number of fused-ring (bicyclic) bond motifs is 1. The van der Waals surface area contributed by atoms with Crippen molar-refractivity contribution in [1.29, 1.82) is 0 Å². The smallest absolute Gasteiger partial charge is 0.227 e. The number of rotatable bonds is 7. The summed E-state index contributed by atoms with van der Waals surface area (Å²) in [6.07, 6.45) is 2.11. The highest BCUT2D eigenvalue weighted by atomic mass is 16.5. The molecule has 1 amide bonds. The van der Waals surface area contributed by atoms with E-state index in [0.717, 1.165) is 29.2 Å². The molecule has 0 aliphatic carbocycles. The highest BCUT2D eigenvalue weighted by molar-refractivity contribution is 5.96. The second-order valence-electron chi connectivity index (χ2n) is 6.59. The Morgan fingerprint density at radius 3 is 2.58 bits per heavy atom. The number of nitrogens with zero attached hydrogens (tertiary/aromatic N) is 1. The van der Waals surface area contributed by atoms with E-state index in [2.05, 4.69) is 13.0 Å². The average molecular weight is 353 g/mol. The van der Waals surface area contributed by atoms with Gasteiger partial charge < -0.3 is 14.4 Å². The number of carbonyl (C=O) groups is 1. The highest BCUT2D eigenvalue weighted by Gasteiger charge is 2.30. The molecule has 0 N–H and O–H groups in total. The van der Waals surface area contributed by atoms with Crippen molar-refractivity contribution in [1.82, 2.24) is 0 Å². The lowest BCUT2D eigenvalue weighted by molar-refractivity contribution is -0.118. The summed E-state index contributed by atoms with van der Waals surface area (Å²) < 4.78 is 11.3. The SMILES string of the molecule is CCOc1ccc(CCC(=O)N2c3ccccc3C[C@@H]2C)cc1OCC. The fraction of sp³-hybridized carbons (Fsp3) is 0.409. The van der Waals surface area contributed by atoms with Crippen LogP contribution in [0.2, 0.25) is 0 Å². The molecule has 0 spiro atoms. The first-order valence-corrected chi connectivity index (χ1v) is 9.42. The molecule has 1 heterocycles. The minimum absolute atomic E-state index is 0.175. The molecule has 0 radical (unpaired) electrons. The lowest BCUT2D eigenvalue weighted by Gasteiger charge is -2.23. The first-order valence-electron chi connectivity index (χ1n) is 9.42. The molecule has 0 unspecified atom stereocenters. The van der Waals surface area contributed by atoms with Crippen LogP contribution in [0.5, 0.6) is 11.5 Å². The second-order valence-corrected chi connectivity index (χ2v) is 6.59. The zero-order valence-electron chi connectivity index (χ0n) is 15.8. The van der Waals surface area contributed by atoms with Crippen LogP contribution < -0.4 is 14.4 Å². The van der Waals surface area contributed by atoms with Crippen LogP contribution in [0.4, 0.5) is 5.69 Å². The Morgan fingerprint density at radius 1 is 1.08 bits per heavy atom. The van der Waals surface area contributed by atoms with Gasteiger partial charge in [0.1, 0.15) is 0 Å². The van der Waals surface area contributed by atoms with Crippen molar-refractivity contribution in [3.63, 3.8) is 0 Å². The molecular weight excluding hydrogens is 326 g/mol. The standard InChI is InChI=1S/C22H27NO3/c1-4-25-20-12-10-17(15-21(20)26-5-2)11-13-22(24)23-16(3)14-18-8-6-7-9-19(18)23/h6-10,12,15-16H,4-5,11,13-14H2,1-3H3/t16-/m0/s1. The van der Waals surface area contributed by atoms with Gasteiger partial charge in [0, 0.05) is 18.2 Å². The van der Waals surface area contributed by atoms with Gasteiger partial charge >= 0.3 is 0 Å². The van der Waals surface area contributed by atoms with E-state index < -0.39 is 0 Å². The monoisotopic (exact) mass is 353 g/mol. The summed E-state index contributed by atoms with van der Waals surface area (Å²) >= 11 is 0. The van der Waals surface area contributed by atoms with E-state index in [9.17, 15) is 4.79 Å². The molecule has 1 atom stereocenters. The number of ether oxygens (including phenoxy) is 2. The van der Waals surface area contributed by atoms with Gasteiger partial charge in [-0.15, -0.1) is 0 Å². The largest absolute Gasteiger partial charge is 0.490 e. The van der Waals surface area contributed by atoms with Gasteiger partial charge in [-0.05, 0) is 62.9 Å². The number of hydrogen-bond acceptors (Lipinski definition) is 3. The molecule has 0 saturated heterocycles. The summed E-state index contributed by atoms with van der Waals surface area (Å²) in [5.74, 6) is 1.68. The van der Waals surface area contributed by atoms with Crippen molar-refractivity contribution in [2.24, 2.45) is 0 Å². The van der Waals surface area contributed by atoms with E-state index in [4.69, 9.17) is 9.47 Å². The third kappa shape index (κ3) is 3.85. The summed E-state index contributed by atoms with van der Waals surface area (Å²) in [6, 6.07) is 14.3. The minimum Gasteiger partial charge on any atom is -0.490 e. The fourth-order valence-electron chi connectivity index (χ4n) is 3.57. The van der Waals surface area contributed by atoms with Gasteiger partial charge in [-0.25, -0.2) is 0 Å². The quantitative estimate of drug-likeness (QED) is 0.741. The summed E-state index contributed by atoms with van der Waals surface area (Å²) in [5, 5.41) is 0. The molecule has 1 aliphatic rings. The van der Waals surface area contributed by atoms with E-state index in [1.165, 1.54) is 5.56 Å². The Morgan fingerprint density at radius 2 is 1.81 bits per heavy atom. The van der Waals surface area contributed by atoms with Crippen LogP contribution in [-0.2, 0) is 17.6 Å². The molecule has 2 aromatic carbocycles. The van der Waals surface area contributed by atoms with Gasteiger partial charge in [0.25, 0.3) is 0 Å². The third-order valence-corrected chi connectivity index (χ3v) is 4.71. The van der Waals surface area contributed by atoms with Crippen LogP contribution in [0.3, 0.4) is 0 Å². The summed E-state index contributed by atoms with van der Waals surface area (Å²) in [6.45, 7) is 7.21. The molecular formula is C22H27NO3. The zero-order chi connectivity index (χ0) is 18.5. The molecule has 138 valence electrons. The van der Waals surface area contributed by atoms with Crippen LogP contribution in [0.1, 0.15) is 38.3 Å². The Bertz CT molecular complexity index is 772. The molecule has 2 aromatic rings. The van der Waals surface area contributed by atoms with Gasteiger partial charge in [0.15, 0.2) is 11.5 Å². The Labute approximate surface area is 155 Å². The first-order chi connectivity index (χ1) is 12.6. The predicted octanol–water partition coefficient (Wildman–Crippen LogP) is 4.39. The van der Waals surface area contributed by atoms with E-state index >= 15 is 0 Å². The molecule has 0 aromatic heterocycles. The molecule has 26 heavy (non-hydrogen) atoms. The van der Waals surface area contributed by atoms with Crippen LogP contribution in [0.15, 0.2) is 42.5 Å². The number of amides is 1. The van der Waals surface area contributed by atoms with Crippen LogP contribution >= 0.6 is 0 Å². The Kier molecular flexibility index (Phi) is 5.82. The maximum atomic E-state index is 12.8. The maximum absolute atomic E-state index is 12.8. The number of anilines is 1. The number of carbonyl (C=O) groups excluding carboxylic acids is 1. The van der Waals surface area contributed by atoms with Crippen molar-refractivity contribution in [3.05, 3.63) is 53.6 Å². The summed E-state index contributed by atoms with van der Waals surface area (Å²) in [4.78, 5) is 14.8. The van der Waals surface area contributed by atoms with E-state index in [1.807, 2.05) is 55.1 Å². The minimum atomic E-state index is 0.175. The van der Waals surface area contributed by atoms with Gasteiger partial charge in [0.2, 0.25) is 5.91 Å². The molecule has 0 fully saturated rings. The third-order valence-electron chi connectivity index (χ3n) is 4.71. The van der Waals surface area contributed by atoms with Crippen LogP contribution in [-0.4, -0.2) is 25.2 Å². The first kappa shape index (κ1) is 18.3. The molecule has 4 nitrogen and oxygen atoms in total. The maximum Gasteiger partial charge on any atom is 0.227 e. The molecule has 0 bridgehead atoms. The highest BCUT2D eigenvalue weighted by Crippen LogP contribution is 2.33. The molecule has 3 rings (SSSR count). The van der Waals surface area contributed by atoms with Crippen molar-refractivity contribution in [2.75, 3.05) is 18.1 Å². The Balaban J connectivity index is 1.69. The number of aryl methyl sites for hydroxylation is 1. The van der Waals surface area contributed by atoms with Crippen molar-refractivity contribution in [2.45, 2.75) is 46.1 Å². The molecule has 0 saturated carbocycles. The summed E-state index contributed by atoms with van der Waals surface area (Å²) in [7, 11) is 0. The fourth-order valence-corrected chi connectivity index (χ4v) is 3.57. The van der Waals surface area contributed by atoms with Gasteiger partial charge in [-0.2, -0.15) is 0 Å². The van der Waals surface area contributed by atoms with Crippen LogP contribution in [0.25, 0.3) is 0 Å². The second kappa shape index (κ2) is 8.26. The van der Waals surface area contributed by atoms with E-state index in [-0.39, 0.29) is 11.9 Å². The Hall–Kier alpha value is -2.49. The number of benzene rings is 2. The van der Waals surface area contributed by atoms with Crippen molar-refractivity contribution >= 4 is 11.6 Å². The predicted molar refractivity (Wildman–Crippen MR) is 104 cm³/mol. The zero-order valence-corrected chi connectivity index (χ0v) is 15.8. The molecule has 1 aliphatic heterocycles. The lowest BCUT2D eigenvalue weighted by Crippen LogP contribution is -2.35. The van der Waals surface area contributed by atoms with Crippen molar-refractivity contribution in [3.8, 4) is 11.5 Å².